The van der Waals surface area contributed by atoms with Crippen LogP contribution in [0.25, 0.3) is 0 Å². The summed E-state index contributed by atoms with van der Waals surface area (Å²) in [5.74, 6) is 0.672. The number of rotatable bonds is 3. The minimum absolute atomic E-state index is 0.167. The van der Waals surface area contributed by atoms with E-state index in [2.05, 4.69) is 20.2 Å². The van der Waals surface area contributed by atoms with Crippen molar-refractivity contribution in [2.75, 3.05) is 11.4 Å². The topological polar surface area (TPSA) is 74.8 Å². The highest BCUT2D eigenvalue weighted by molar-refractivity contribution is 6.03. The average Bonchev–Trinajstić information content (AvgIpc) is 2.90. The molecule has 0 saturated carbocycles. The van der Waals surface area contributed by atoms with E-state index in [0.717, 1.165) is 5.69 Å². The minimum atomic E-state index is -0.217. The van der Waals surface area contributed by atoms with Gasteiger partial charge in [0, 0.05) is 30.0 Å². The van der Waals surface area contributed by atoms with Gasteiger partial charge in [0.1, 0.15) is 5.82 Å². The number of carbonyl (C=O) groups is 1. The van der Waals surface area contributed by atoms with Gasteiger partial charge in [0.15, 0.2) is 0 Å². The summed E-state index contributed by atoms with van der Waals surface area (Å²) in [7, 11) is 0. The fraction of sp³-hybridized carbons (Fsp3) is 0.429. The van der Waals surface area contributed by atoms with Crippen LogP contribution in [0.5, 0.6) is 0 Å². The van der Waals surface area contributed by atoms with E-state index >= 15 is 0 Å². The zero-order valence-corrected chi connectivity index (χ0v) is 12.2. The van der Waals surface area contributed by atoms with Gasteiger partial charge in [-0.15, -0.1) is 5.10 Å². The first-order valence-electron chi connectivity index (χ1n) is 6.58. The van der Waals surface area contributed by atoms with Gasteiger partial charge in [0.05, 0.1) is 0 Å². The smallest absolute Gasteiger partial charge is 0.297 e. The van der Waals surface area contributed by atoms with Crippen molar-refractivity contribution in [3.05, 3.63) is 36.2 Å². The van der Waals surface area contributed by atoms with Crippen LogP contribution in [0.1, 0.15) is 44.1 Å². The molecule has 20 heavy (non-hydrogen) atoms. The molecule has 0 saturated heterocycles. The molecule has 0 aliphatic carbocycles. The summed E-state index contributed by atoms with van der Waals surface area (Å²) in [6.45, 7) is 8.50. The Morgan fingerprint density at radius 3 is 2.45 bits per heavy atom. The maximum absolute atomic E-state index is 12.5. The Bertz CT molecular complexity index is 585. The minimum Gasteiger partial charge on any atom is -0.306 e. The van der Waals surface area contributed by atoms with Gasteiger partial charge in [-0.3, -0.25) is 14.9 Å². The first kappa shape index (κ1) is 14.2. The van der Waals surface area contributed by atoms with E-state index in [9.17, 15) is 4.79 Å². The third-order valence-electron chi connectivity index (χ3n) is 2.92. The molecule has 0 atom stereocenters. The van der Waals surface area contributed by atoms with Gasteiger partial charge < -0.3 is 4.90 Å². The lowest BCUT2D eigenvalue weighted by molar-refractivity contribution is 0.0978. The summed E-state index contributed by atoms with van der Waals surface area (Å²) in [6, 6.07) is 3.58. The number of anilines is 1. The summed E-state index contributed by atoms with van der Waals surface area (Å²) >= 11 is 0. The van der Waals surface area contributed by atoms with E-state index in [1.807, 2.05) is 27.7 Å². The normalized spacial score (nSPS) is 11.4. The summed E-state index contributed by atoms with van der Waals surface area (Å²) in [5.41, 5.74) is 0.619. The number of hydrogen-bond donors (Lipinski definition) is 1. The molecular formula is C14H19N5O. The van der Waals surface area contributed by atoms with E-state index in [1.54, 1.807) is 29.4 Å². The fourth-order valence-electron chi connectivity index (χ4n) is 1.78. The van der Waals surface area contributed by atoms with Crippen molar-refractivity contribution in [2.24, 2.45) is 0 Å². The molecule has 106 valence electrons. The molecule has 0 unspecified atom stereocenters. The van der Waals surface area contributed by atoms with Gasteiger partial charge in [-0.2, -0.15) is 0 Å². The Labute approximate surface area is 118 Å². The van der Waals surface area contributed by atoms with Crippen molar-refractivity contribution in [1.82, 2.24) is 20.2 Å². The zero-order chi connectivity index (χ0) is 14.8. The Balaban J connectivity index is 2.28. The maximum Gasteiger partial charge on any atom is 0.297 e. The molecule has 0 bridgehead atoms. The van der Waals surface area contributed by atoms with E-state index in [4.69, 9.17) is 0 Å². The predicted molar refractivity (Wildman–Crippen MR) is 76.7 cm³/mol. The molecule has 2 rings (SSSR count). The molecule has 0 aliphatic rings. The molecule has 6 heteroatoms. The number of hydrogen-bond acceptors (Lipinski definition) is 4. The predicted octanol–water partition coefficient (Wildman–Crippen LogP) is 2.16. The van der Waals surface area contributed by atoms with Crippen LogP contribution in [0.15, 0.2) is 24.5 Å². The number of aromatic amines is 1. The third kappa shape index (κ3) is 2.84. The van der Waals surface area contributed by atoms with Gasteiger partial charge >= 0.3 is 0 Å². The van der Waals surface area contributed by atoms with Crippen LogP contribution in [-0.4, -0.2) is 32.6 Å². The highest BCUT2D eigenvalue weighted by Gasteiger charge is 2.24. The number of amides is 1. The molecule has 1 amide bonds. The first-order valence-corrected chi connectivity index (χ1v) is 6.58. The molecule has 1 N–H and O–H groups in total. The number of nitrogens with zero attached hydrogens (tertiary/aromatic N) is 4. The Kier molecular flexibility index (Phi) is 3.83. The lowest BCUT2D eigenvalue weighted by Gasteiger charge is -2.19. The second-order valence-electron chi connectivity index (χ2n) is 5.51. The molecule has 6 nitrogen and oxygen atoms in total. The largest absolute Gasteiger partial charge is 0.306 e. The molecular weight excluding hydrogens is 254 g/mol. The molecule has 2 aromatic heterocycles. The highest BCUT2D eigenvalue weighted by atomic mass is 16.2. The SMILES string of the molecule is CCN(C(=O)c1n[nH]c(C(C)(C)C)n1)c1ccncc1. The number of aromatic nitrogens is 4. The van der Waals surface area contributed by atoms with Crippen LogP contribution in [0.2, 0.25) is 0 Å². The molecule has 0 fully saturated rings. The standard InChI is InChI=1S/C14H19N5O/c1-5-19(10-6-8-15-9-7-10)12(20)11-16-13(18-17-11)14(2,3)4/h6-9H,5H2,1-4H3,(H,16,17,18). The molecule has 2 heterocycles. The number of carbonyl (C=O) groups excluding carboxylic acids is 1. The van der Waals surface area contributed by atoms with Crippen molar-refractivity contribution < 1.29 is 4.79 Å². The van der Waals surface area contributed by atoms with E-state index in [1.165, 1.54) is 0 Å². The molecule has 0 aliphatic heterocycles. The van der Waals surface area contributed by atoms with Crippen LogP contribution >= 0.6 is 0 Å². The van der Waals surface area contributed by atoms with Gasteiger partial charge in [-0.05, 0) is 19.1 Å². The van der Waals surface area contributed by atoms with E-state index in [-0.39, 0.29) is 17.1 Å². The van der Waals surface area contributed by atoms with Crippen molar-refractivity contribution in [2.45, 2.75) is 33.1 Å². The molecule has 0 radical (unpaired) electrons. The van der Waals surface area contributed by atoms with Gasteiger partial charge in [0.25, 0.3) is 5.91 Å². The maximum atomic E-state index is 12.5. The van der Waals surface area contributed by atoms with E-state index in [0.29, 0.717) is 12.4 Å². The summed E-state index contributed by atoms with van der Waals surface area (Å²) < 4.78 is 0. The lowest BCUT2D eigenvalue weighted by Crippen LogP contribution is -2.31. The summed E-state index contributed by atoms with van der Waals surface area (Å²) in [6.07, 6.45) is 3.31. The Morgan fingerprint density at radius 1 is 1.30 bits per heavy atom. The van der Waals surface area contributed by atoms with E-state index < -0.39 is 0 Å². The van der Waals surface area contributed by atoms with Crippen molar-refractivity contribution in [3.8, 4) is 0 Å². The van der Waals surface area contributed by atoms with Crippen LogP contribution in [0, 0.1) is 0 Å². The van der Waals surface area contributed by atoms with Crippen LogP contribution < -0.4 is 4.90 Å². The lowest BCUT2D eigenvalue weighted by atomic mass is 9.96. The van der Waals surface area contributed by atoms with Gasteiger partial charge in [-0.1, -0.05) is 20.8 Å². The second-order valence-corrected chi connectivity index (χ2v) is 5.51. The average molecular weight is 273 g/mol. The third-order valence-corrected chi connectivity index (χ3v) is 2.92. The Hall–Kier alpha value is -2.24. The quantitative estimate of drug-likeness (QED) is 0.930. The van der Waals surface area contributed by atoms with Crippen LogP contribution in [-0.2, 0) is 5.41 Å². The fourth-order valence-corrected chi connectivity index (χ4v) is 1.78. The molecule has 2 aromatic rings. The number of pyridine rings is 1. The van der Waals surface area contributed by atoms with Crippen molar-refractivity contribution in [3.63, 3.8) is 0 Å². The number of nitrogens with one attached hydrogen (secondary N) is 1. The van der Waals surface area contributed by atoms with Crippen molar-refractivity contribution in [1.29, 1.82) is 0 Å². The Morgan fingerprint density at radius 2 is 1.95 bits per heavy atom. The molecule has 0 spiro atoms. The first-order chi connectivity index (χ1) is 9.43. The van der Waals surface area contributed by atoms with Crippen molar-refractivity contribution >= 4 is 11.6 Å². The zero-order valence-electron chi connectivity index (χ0n) is 12.2. The van der Waals surface area contributed by atoms with Crippen LogP contribution in [0.3, 0.4) is 0 Å². The summed E-state index contributed by atoms with van der Waals surface area (Å²) in [4.78, 5) is 22.4. The second kappa shape index (κ2) is 5.40. The molecule has 0 aromatic carbocycles. The summed E-state index contributed by atoms with van der Waals surface area (Å²) in [5, 5.41) is 6.87. The van der Waals surface area contributed by atoms with Gasteiger partial charge in [0.2, 0.25) is 5.82 Å². The number of H-pyrrole nitrogens is 1. The monoisotopic (exact) mass is 273 g/mol. The van der Waals surface area contributed by atoms with Gasteiger partial charge in [-0.25, -0.2) is 4.98 Å². The van der Waals surface area contributed by atoms with Crippen LogP contribution in [0.4, 0.5) is 5.69 Å². The highest BCUT2D eigenvalue weighted by Crippen LogP contribution is 2.19.